The van der Waals surface area contributed by atoms with Crippen LogP contribution in [-0.4, -0.2) is 27.9 Å². The third-order valence-electron chi connectivity index (χ3n) is 3.79. The van der Waals surface area contributed by atoms with Crippen molar-refractivity contribution in [1.82, 2.24) is 14.8 Å². The third kappa shape index (κ3) is 4.16. The van der Waals surface area contributed by atoms with Gasteiger partial charge in [-0.25, -0.2) is 14.1 Å². The minimum atomic E-state index is 0.145. The lowest BCUT2D eigenvalue weighted by atomic mass is 10.1. The maximum absolute atomic E-state index is 12.4. The number of halogens is 1. The van der Waals surface area contributed by atoms with Gasteiger partial charge in [0, 0.05) is 30.6 Å². The van der Waals surface area contributed by atoms with Gasteiger partial charge >= 0.3 is 0 Å². The Balaban J connectivity index is 2.12. The number of rotatable bonds is 7. The fraction of sp³-hybridized carbons (Fsp3) is 0.412. The Labute approximate surface area is 136 Å². The highest BCUT2D eigenvalue weighted by Gasteiger charge is 2.13. The standard InChI is InChI=1S/C17H23FN4O/c1-4-12(2)16-20-17(22(3)21-16)14-5-7-15(8-6-14)23-11-13(9-18)10-19/h5-9,12H,4,10-11,19H2,1-3H3/b13-9+. The van der Waals surface area contributed by atoms with E-state index in [2.05, 4.69) is 23.9 Å². The maximum Gasteiger partial charge on any atom is 0.158 e. The number of benzene rings is 1. The molecule has 2 aromatic rings. The van der Waals surface area contributed by atoms with Crippen LogP contribution in [-0.2, 0) is 7.05 Å². The zero-order chi connectivity index (χ0) is 16.8. The summed E-state index contributed by atoms with van der Waals surface area (Å²) in [4.78, 5) is 4.62. The predicted molar refractivity (Wildman–Crippen MR) is 88.9 cm³/mol. The lowest BCUT2D eigenvalue weighted by Crippen LogP contribution is -2.10. The third-order valence-corrected chi connectivity index (χ3v) is 3.79. The first-order chi connectivity index (χ1) is 11.1. The van der Waals surface area contributed by atoms with Crippen molar-refractivity contribution in [3.05, 3.63) is 42.0 Å². The van der Waals surface area contributed by atoms with Crippen LogP contribution < -0.4 is 10.5 Å². The topological polar surface area (TPSA) is 66.0 Å². The first-order valence-electron chi connectivity index (χ1n) is 7.71. The molecule has 6 heteroatoms. The highest BCUT2D eigenvalue weighted by Crippen LogP contribution is 2.23. The number of ether oxygens (including phenoxy) is 1. The lowest BCUT2D eigenvalue weighted by molar-refractivity contribution is 0.347. The molecule has 1 aromatic carbocycles. The van der Waals surface area contributed by atoms with Gasteiger partial charge in [0.1, 0.15) is 12.4 Å². The molecule has 0 amide bonds. The van der Waals surface area contributed by atoms with Gasteiger partial charge in [0.05, 0.1) is 6.33 Å². The summed E-state index contributed by atoms with van der Waals surface area (Å²) < 4.78 is 19.7. The van der Waals surface area contributed by atoms with E-state index in [1.807, 2.05) is 31.3 Å². The molecule has 0 aliphatic rings. The molecule has 0 saturated carbocycles. The summed E-state index contributed by atoms with van der Waals surface area (Å²) in [6.45, 7) is 4.53. The summed E-state index contributed by atoms with van der Waals surface area (Å²) in [5.41, 5.74) is 6.77. The molecule has 5 nitrogen and oxygen atoms in total. The van der Waals surface area contributed by atoms with E-state index in [0.717, 1.165) is 23.6 Å². The van der Waals surface area contributed by atoms with Crippen LogP contribution in [0.4, 0.5) is 4.39 Å². The molecule has 0 fully saturated rings. The van der Waals surface area contributed by atoms with Crippen molar-refractivity contribution in [2.24, 2.45) is 12.8 Å². The Bertz CT molecular complexity index is 664. The second-order valence-electron chi connectivity index (χ2n) is 5.51. The van der Waals surface area contributed by atoms with Crippen molar-refractivity contribution < 1.29 is 9.13 Å². The summed E-state index contributed by atoms with van der Waals surface area (Å²) in [7, 11) is 1.89. The van der Waals surface area contributed by atoms with Gasteiger partial charge in [-0.1, -0.05) is 13.8 Å². The molecule has 2 rings (SSSR count). The molecule has 0 aliphatic carbocycles. The molecular formula is C17H23FN4O. The van der Waals surface area contributed by atoms with Crippen molar-refractivity contribution in [2.45, 2.75) is 26.2 Å². The molecule has 0 aliphatic heterocycles. The molecule has 0 saturated heterocycles. The average Bonchev–Trinajstić information content (AvgIpc) is 2.97. The second kappa shape index (κ2) is 7.87. The SMILES string of the molecule is CCC(C)c1nc(-c2ccc(OC/C(=C/F)CN)cc2)n(C)n1. The molecule has 2 N–H and O–H groups in total. The summed E-state index contributed by atoms with van der Waals surface area (Å²) in [5, 5.41) is 4.47. The first kappa shape index (κ1) is 17.1. The van der Waals surface area contributed by atoms with E-state index < -0.39 is 0 Å². The fourth-order valence-corrected chi connectivity index (χ4v) is 2.06. The highest BCUT2D eigenvalue weighted by atomic mass is 19.1. The molecule has 124 valence electrons. The molecule has 0 radical (unpaired) electrons. The van der Waals surface area contributed by atoms with Gasteiger partial charge in [0.2, 0.25) is 0 Å². The number of aromatic nitrogens is 3. The van der Waals surface area contributed by atoms with Gasteiger partial charge in [-0.2, -0.15) is 5.10 Å². The summed E-state index contributed by atoms with van der Waals surface area (Å²) in [6.07, 6.45) is 1.49. The molecule has 23 heavy (non-hydrogen) atoms. The summed E-state index contributed by atoms with van der Waals surface area (Å²) in [6, 6.07) is 7.50. The zero-order valence-electron chi connectivity index (χ0n) is 13.8. The van der Waals surface area contributed by atoms with Crippen LogP contribution in [0.15, 0.2) is 36.2 Å². The molecule has 1 atom stereocenters. The second-order valence-corrected chi connectivity index (χ2v) is 5.51. The van der Waals surface area contributed by atoms with Crippen LogP contribution in [0.2, 0.25) is 0 Å². The molecule has 0 bridgehead atoms. The van der Waals surface area contributed by atoms with E-state index >= 15 is 0 Å². The van der Waals surface area contributed by atoms with Gasteiger partial charge in [-0.05, 0) is 30.7 Å². The Morgan fingerprint density at radius 1 is 1.39 bits per heavy atom. The van der Waals surface area contributed by atoms with E-state index in [9.17, 15) is 4.39 Å². The van der Waals surface area contributed by atoms with E-state index in [0.29, 0.717) is 23.6 Å². The van der Waals surface area contributed by atoms with E-state index in [-0.39, 0.29) is 13.2 Å². The molecular weight excluding hydrogens is 295 g/mol. The van der Waals surface area contributed by atoms with Crippen LogP contribution >= 0.6 is 0 Å². The smallest absolute Gasteiger partial charge is 0.158 e. The van der Waals surface area contributed by atoms with Crippen LogP contribution in [0.25, 0.3) is 11.4 Å². The number of aryl methyl sites for hydroxylation is 1. The Morgan fingerprint density at radius 3 is 2.65 bits per heavy atom. The molecule has 1 unspecified atom stereocenters. The van der Waals surface area contributed by atoms with Crippen LogP contribution in [0, 0.1) is 0 Å². The van der Waals surface area contributed by atoms with E-state index in [4.69, 9.17) is 10.5 Å². The Hall–Kier alpha value is -2.21. The van der Waals surface area contributed by atoms with Gasteiger partial charge < -0.3 is 10.5 Å². The van der Waals surface area contributed by atoms with Crippen molar-refractivity contribution >= 4 is 0 Å². The largest absolute Gasteiger partial charge is 0.489 e. The predicted octanol–water partition coefficient (Wildman–Crippen LogP) is 3.19. The number of nitrogens with zero attached hydrogens (tertiary/aromatic N) is 3. The van der Waals surface area contributed by atoms with Crippen molar-refractivity contribution in [3.63, 3.8) is 0 Å². The number of hydrogen-bond acceptors (Lipinski definition) is 4. The van der Waals surface area contributed by atoms with Crippen molar-refractivity contribution in [1.29, 1.82) is 0 Å². The lowest BCUT2D eigenvalue weighted by Gasteiger charge is -2.08. The van der Waals surface area contributed by atoms with Gasteiger partial charge in [0.25, 0.3) is 0 Å². The minimum Gasteiger partial charge on any atom is -0.489 e. The Kier molecular flexibility index (Phi) is 5.87. The number of hydrogen-bond donors (Lipinski definition) is 1. The first-order valence-corrected chi connectivity index (χ1v) is 7.71. The van der Waals surface area contributed by atoms with Gasteiger partial charge in [0.15, 0.2) is 11.6 Å². The van der Waals surface area contributed by atoms with Crippen LogP contribution in [0.1, 0.15) is 32.0 Å². The maximum atomic E-state index is 12.4. The fourth-order valence-electron chi connectivity index (χ4n) is 2.06. The normalized spacial score (nSPS) is 13.2. The van der Waals surface area contributed by atoms with Crippen molar-refractivity contribution in [3.8, 4) is 17.1 Å². The molecule has 0 spiro atoms. The molecule has 1 aromatic heterocycles. The van der Waals surface area contributed by atoms with Crippen LogP contribution in [0.3, 0.4) is 0 Å². The molecule has 1 heterocycles. The summed E-state index contributed by atoms with van der Waals surface area (Å²) >= 11 is 0. The van der Waals surface area contributed by atoms with Gasteiger partial charge in [-0.15, -0.1) is 0 Å². The highest BCUT2D eigenvalue weighted by molar-refractivity contribution is 5.56. The summed E-state index contributed by atoms with van der Waals surface area (Å²) in [5.74, 6) is 2.66. The quantitative estimate of drug-likeness (QED) is 0.851. The average molecular weight is 318 g/mol. The van der Waals surface area contributed by atoms with Gasteiger partial charge in [-0.3, -0.25) is 0 Å². The monoisotopic (exact) mass is 318 g/mol. The van der Waals surface area contributed by atoms with E-state index in [1.165, 1.54) is 0 Å². The van der Waals surface area contributed by atoms with Crippen molar-refractivity contribution in [2.75, 3.05) is 13.2 Å². The number of nitrogens with two attached hydrogens (primary N) is 1. The van der Waals surface area contributed by atoms with Crippen LogP contribution in [0.5, 0.6) is 5.75 Å². The minimum absolute atomic E-state index is 0.145. The zero-order valence-corrected chi connectivity index (χ0v) is 13.8. The Morgan fingerprint density at radius 2 is 2.09 bits per heavy atom. The van der Waals surface area contributed by atoms with E-state index in [1.54, 1.807) is 4.68 Å².